The molecule has 6 rings (SSSR count). The van der Waals surface area contributed by atoms with Crippen LogP contribution >= 0.6 is 0 Å². The smallest absolute Gasteiger partial charge is 0.484 e. The van der Waals surface area contributed by atoms with Gasteiger partial charge in [-0.15, -0.1) is 13.2 Å². The van der Waals surface area contributed by atoms with Crippen LogP contribution in [0.2, 0.25) is 0 Å². The van der Waals surface area contributed by atoms with Gasteiger partial charge in [0.05, 0.1) is 33.7 Å². The Morgan fingerprint density at radius 3 is 2.02 bits per heavy atom. The number of esters is 1. The first kappa shape index (κ1) is 46.0. The predicted octanol–water partition coefficient (Wildman–Crippen LogP) is 6.67. The third-order valence-corrected chi connectivity index (χ3v) is 9.30. The molecule has 16 nitrogen and oxygen atoms in total. The summed E-state index contributed by atoms with van der Waals surface area (Å²) in [6, 6.07) is 29.0. The molecule has 2 aromatic heterocycles. The van der Waals surface area contributed by atoms with Gasteiger partial charge in [-0.05, 0) is 79.2 Å². The number of rotatable bonds is 19. The Hall–Kier alpha value is -8.48. The zero-order valence-electron chi connectivity index (χ0n) is 34.2. The molecule has 3 amide bonds. The number of amides is 3. The highest BCUT2D eigenvalue weighted by Gasteiger charge is 2.30. The van der Waals surface area contributed by atoms with E-state index in [2.05, 4.69) is 25.7 Å². The first-order chi connectivity index (χ1) is 31.2. The highest BCUT2D eigenvalue weighted by Crippen LogP contribution is 2.32. The molecule has 0 fully saturated rings. The van der Waals surface area contributed by atoms with Crippen LogP contribution in [0.25, 0.3) is 5.52 Å². The predicted molar refractivity (Wildman–Crippen MR) is 228 cm³/mol. The second-order valence-corrected chi connectivity index (χ2v) is 13.8. The van der Waals surface area contributed by atoms with Gasteiger partial charge in [0.1, 0.15) is 18.1 Å². The van der Waals surface area contributed by atoms with Gasteiger partial charge in [-0.2, -0.15) is 0 Å². The molecular weight excluding hydrogens is 856 g/mol. The monoisotopic (exact) mass is 893 g/mol. The van der Waals surface area contributed by atoms with Crippen molar-refractivity contribution in [2.24, 2.45) is 4.99 Å². The molecule has 4 aromatic carbocycles. The Morgan fingerprint density at radius 1 is 0.738 bits per heavy atom. The van der Waals surface area contributed by atoms with Gasteiger partial charge in [0.15, 0.2) is 19.6 Å². The van der Waals surface area contributed by atoms with Gasteiger partial charge in [0.25, 0.3) is 17.7 Å². The molecule has 4 N–H and O–H groups in total. The Labute approximate surface area is 367 Å². The van der Waals surface area contributed by atoms with Crippen molar-refractivity contribution in [1.29, 1.82) is 0 Å². The molecule has 0 atom stereocenters. The average molecular weight is 894 g/mol. The van der Waals surface area contributed by atoms with Gasteiger partial charge < -0.3 is 44.4 Å². The fourth-order valence-corrected chi connectivity index (χ4v) is 6.24. The molecular formula is C46H38F3N5O11. The largest absolute Gasteiger partial charge is 0.573 e. The number of aliphatic imine (C=N–C) groups is 1. The lowest BCUT2D eigenvalue weighted by atomic mass is 10.0. The minimum Gasteiger partial charge on any atom is -0.484 e. The molecule has 0 aliphatic heterocycles. The molecule has 0 radical (unpaired) electrons. The van der Waals surface area contributed by atoms with E-state index in [1.165, 1.54) is 54.6 Å². The summed E-state index contributed by atoms with van der Waals surface area (Å²) in [6.07, 6.45) is -3.30. The summed E-state index contributed by atoms with van der Waals surface area (Å²) in [7, 11) is 0. The molecule has 0 spiro atoms. The van der Waals surface area contributed by atoms with Gasteiger partial charge in [0.2, 0.25) is 5.78 Å². The zero-order chi connectivity index (χ0) is 46.5. The summed E-state index contributed by atoms with van der Waals surface area (Å²) in [5.41, 5.74) is 1.36. The number of aromatic nitrogens is 1. The molecule has 0 unspecified atom stereocenters. The maximum atomic E-state index is 14.3. The van der Waals surface area contributed by atoms with E-state index in [0.29, 0.717) is 16.6 Å². The fourth-order valence-electron chi connectivity index (χ4n) is 6.24. The number of fused-ring (bicyclic) bond motifs is 1. The molecule has 0 bridgehead atoms. The van der Waals surface area contributed by atoms with Crippen molar-refractivity contribution in [3.63, 3.8) is 0 Å². The summed E-state index contributed by atoms with van der Waals surface area (Å²) in [5.74, 6) is -3.90. The molecule has 334 valence electrons. The Balaban J connectivity index is 1.09. The van der Waals surface area contributed by atoms with Crippen molar-refractivity contribution < 1.29 is 66.0 Å². The van der Waals surface area contributed by atoms with Crippen molar-refractivity contribution >= 4 is 58.7 Å². The average Bonchev–Trinajstić information content (AvgIpc) is 3.57. The lowest BCUT2D eigenvalue weighted by Gasteiger charge is -2.11. The maximum Gasteiger partial charge on any atom is 0.573 e. The Morgan fingerprint density at radius 2 is 1.37 bits per heavy atom. The molecule has 65 heavy (non-hydrogen) atoms. The van der Waals surface area contributed by atoms with Gasteiger partial charge in [-0.3, -0.25) is 19.2 Å². The van der Waals surface area contributed by atoms with Crippen LogP contribution in [0, 0.1) is 6.92 Å². The minimum atomic E-state index is -5.03. The highest BCUT2D eigenvalue weighted by molar-refractivity contribution is 6.15. The van der Waals surface area contributed by atoms with Gasteiger partial charge in [0, 0.05) is 36.0 Å². The number of hydrogen-bond donors (Lipinski definition) is 4. The number of nitrogens with zero attached hydrogens (tertiary/aromatic N) is 2. The number of nitrogens with one attached hydrogen (secondary N) is 3. The second kappa shape index (κ2) is 21.1. The lowest BCUT2D eigenvalue weighted by molar-refractivity contribution is -0.280. The number of anilines is 1. The number of pyridine rings is 1. The molecule has 0 saturated carbocycles. The van der Waals surface area contributed by atoms with E-state index < -0.39 is 48.4 Å². The summed E-state index contributed by atoms with van der Waals surface area (Å²) in [6.45, 7) is 0.771. The number of hydrogen-bond acceptors (Lipinski definition) is 11. The van der Waals surface area contributed by atoms with Gasteiger partial charge in [-0.25, -0.2) is 14.6 Å². The third kappa shape index (κ3) is 12.6. The quantitative estimate of drug-likeness (QED) is 0.0222. The van der Waals surface area contributed by atoms with Crippen LogP contribution in [0.5, 0.6) is 11.5 Å². The van der Waals surface area contributed by atoms with E-state index in [0.717, 1.165) is 6.07 Å². The number of benzene rings is 4. The molecule has 19 heteroatoms. The fraction of sp³-hybridized carbons (Fsp3) is 0.152. The van der Waals surface area contributed by atoms with Gasteiger partial charge >= 0.3 is 18.3 Å². The van der Waals surface area contributed by atoms with E-state index in [1.54, 1.807) is 72.1 Å². The highest BCUT2D eigenvalue weighted by atomic mass is 19.4. The van der Waals surface area contributed by atoms with Crippen LogP contribution in [0.4, 0.5) is 24.5 Å². The normalized spacial score (nSPS) is 11.1. The summed E-state index contributed by atoms with van der Waals surface area (Å²) < 4.78 is 59.7. The summed E-state index contributed by atoms with van der Waals surface area (Å²) in [4.78, 5) is 80.6. The number of ether oxygens (including phenoxy) is 4. The molecule has 0 saturated heterocycles. The van der Waals surface area contributed by atoms with Crippen molar-refractivity contribution in [3.05, 3.63) is 161 Å². The number of alkyl halides is 3. The van der Waals surface area contributed by atoms with E-state index in [1.807, 2.05) is 0 Å². The van der Waals surface area contributed by atoms with Crippen LogP contribution in [-0.2, 0) is 25.7 Å². The summed E-state index contributed by atoms with van der Waals surface area (Å²) in [5, 5.41) is 17.1. The first-order valence-corrected chi connectivity index (χ1v) is 19.5. The lowest BCUT2D eigenvalue weighted by Crippen LogP contribution is -2.38. The number of ketones is 1. The number of carbonyl (C=O) groups excluding carboxylic acids is 5. The van der Waals surface area contributed by atoms with Crippen LogP contribution in [0.3, 0.4) is 0 Å². The molecule has 0 aliphatic carbocycles. The van der Waals surface area contributed by atoms with E-state index in [9.17, 15) is 41.9 Å². The number of halogens is 3. The van der Waals surface area contributed by atoms with Crippen molar-refractivity contribution in [1.82, 2.24) is 15.0 Å². The first-order valence-electron chi connectivity index (χ1n) is 19.5. The van der Waals surface area contributed by atoms with E-state index >= 15 is 0 Å². The van der Waals surface area contributed by atoms with Gasteiger partial charge in [-0.1, -0.05) is 48.5 Å². The molecule has 0 aliphatic rings. The van der Waals surface area contributed by atoms with Crippen molar-refractivity contribution in [3.8, 4) is 11.5 Å². The Bertz CT molecular complexity index is 2770. The minimum absolute atomic E-state index is 0.00827. The standard InChI is InChI=1S/C46H38F3N5O11/c1-28-40(53-43(58)31-11-7-13-33(21-31)62-25-38(55)50-18-19-51-39(56)26-63-34-14-8-12-32(22-34)44(59)60)37-15-5-6-20-54(37)41(28)42(57)30-16-17-36(52-27-65-46(47,48)49)35(23-30)45(61)64-24-29-9-3-2-4-10-29/h2-17,20-23,27H,18-19,24-26H2,1H3,(H,50,55)(H,51,56)(H,53,58)(H,59,60). The van der Waals surface area contributed by atoms with Crippen LogP contribution in [-0.4, -0.2) is 84.0 Å². The summed E-state index contributed by atoms with van der Waals surface area (Å²) >= 11 is 0. The maximum absolute atomic E-state index is 14.3. The zero-order valence-corrected chi connectivity index (χ0v) is 34.2. The van der Waals surface area contributed by atoms with Crippen LogP contribution in [0.15, 0.2) is 126 Å². The number of aromatic carboxylic acids is 1. The van der Waals surface area contributed by atoms with Crippen LogP contribution in [0.1, 0.15) is 58.3 Å². The number of carboxylic acids is 1. The Kier molecular flexibility index (Phi) is 14.9. The van der Waals surface area contributed by atoms with Crippen molar-refractivity contribution in [2.45, 2.75) is 19.9 Å². The number of carbonyl (C=O) groups is 6. The van der Waals surface area contributed by atoms with Crippen molar-refractivity contribution in [2.75, 3.05) is 31.6 Å². The van der Waals surface area contributed by atoms with E-state index in [-0.39, 0.29) is 83.5 Å². The van der Waals surface area contributed by atoms with E-state index in [4.69, 9.17) is 19.3 Å². The molecule has 2 heterocycles. The number of carboxylic acid groups (broad SMARTS) is 1. The van der Waals surface area contributed by atoms with Crippen LogP contribution < -0.4 is 25.4 Å². The SMILES string of the molecule is Cc1c(NC(=O)c2cccc(OCC(=O)NCCNC(=O)COc3cccc(C(=O)O)c3)c2)c2ccccn2c1C(=O)c1ccc(N=COC(F)(F)F)c(C(=O)OCc2ccccc2)c1. The second-order valence-electron chi connectivity index (χ2n) is 13.8. The topological polar surface area (TPSA) is 212 Å². The molecule has 6 aromatic rings. The third-order valence-electron chi connectivity index (χ3n) is 9.30.